The Bertz CT molecular complexity index is 620. The van der Waals surface area contributed by atoms with Gasteiger partial charge in [-0.2, -0.15) is 0 Å². The minimum Gasteiger partial charge on any atom is -0.368 e. The molecule has 7 nitrogen and oxygen atoms in total. The summed E-state index contributed by atoms with van der Waals surface area (Å²) < 4.78 is 0. The van der Waals surface area contributed by atoms with Gasteiger partial charge >= 0.3 is 0 Å². The molecule has 2 aliphatic heterocycles. The van der Waals surface area contributed by atoms with E-state index in [1.165, 1.54) is 6.42 Å². The molecule has 0 saturated carbocycles. The number of hydrogen-bond donors (Lipinski definition) is 0. The molecule has 0 spiro atoms. The summed E-state index contributed by atoms with van der Waals surface area (Å²) in [6, 6.07) is 5.40. The van der Waals surface area contributed by atoms with E-state index in [0.717, 1.165) is 50.4 Å². The molecule has 0 atom stereocenters. The summed E-state index contributed by atoms with van der Waals surface area (Å²) in [6.07, 6.45) is 3.36. The van der Waals surface area contributed by atoms with E-state index in [0.29, 0.717) is 13.1 Å². The maximum Gasteiger partial charge on any atom is 0.292 e. The number of nitrogens with zero attached hydrogens (tertiary/aromatic N) is 4. The summed E-state index contributed by atoms with van der Waals surface area (Å²) in [4.78, 5) is 28.7. The number of piperazine rings is 1. The number of amides is 1. The second kappa shape index (κ2) is 7.07. The molecule has 0 aromatic heterocycles. The second-order valence-corrected chi connectivity index (χ2v) is 6.47. The number of hydrogen-bond acceptors (Lipinski definition) is 5. The lowest BCUT2D eigenvalue weighted by Gasteiger charge is -2.36. The molecular formula is C17H24N4O3. The quantitative estimate of drug-likeness (QED) is 0.627. The van der Waals surface area contributed by atoms with Gasteiger partial charge < -0.3 is 14.7 Å². The van der Waals surface area contributed by atoms with Crippen LogP contribution < -0.4 is 9.80 Å². The van der Waals surface area contributed by atoms with Crippen LogP contribution in [-0.4, -0.2) is 55.0 Å². The van der Waals surface area contributed by atoms with Crippen LogP contribution in [0.25, 0.3) is 0 Å². The molecule has 2 fully saturated rings. The first kappa shape index (κ1) is 16.5. The lowest BCUT2D eigenvalue weighted by atomic mass is 10.1. The van der Waals surface area contributed by atoms with E-state index in [2.05, 4.69) is 9.80 Å². The van der Waals surface area contributed by atoms with Crippen LogP contribution in [0.4, 0.5) is 17.1 Å². The van der Waals surface area contributed by atoms with Gasteiger partial charge in [0.2, 0.25) is 5.91 Å². The van der Waals surface area contributed by atoms with Crippen LogP contribution in [0.1, 0.15) is 26.2 Å². The number of nitro benzene ring substituents is 1. The molecule has 0 aliphatic carbocycles. The van der Waals surface area contributed by atoms with E-state index in [1.54, 1.807) is 13.0 Å². The van der Waals surface area contributed by atoms with E-state index < -0.39 is 0 Å². The van der Waals surface area contributed by atoms with Gasteiger partial charge in [-0.15, -0.1) is 0 Å². The third-order valence-electron chi connectivity index (χ3n) is 4.94. The van der Waals surface area contributed by atoms with Gasteiger partial charge in [0.05, 0.1) is 4.92 Å². The van der Waals surface area contributed by atoms with Crippen molar-refractivity contribution >= 4 is 23.0 Å². The molecule has 1 aromatic carbocycles. The standard InChI is InChI=1S/C17H24N4O3/c1-14(22)18-9-11-19(12-10-18)15-5-6-16(21(23)24)17(13-15)20-7-3-2-4-8-20/h5-6,13H,2-4,7-12H2,1H3. The largest absolute Gasteiger partial charge is 0.368 e. The first-order valence-corrected chi connectivity index (χ1v) is 8.60. The number of nitro groups is 1. The van der Waals surface area contributed by atoms with Crippen LogP contribution >= 0.6 is 0 Å². The summed E-state index contributed by atoms with van der Waals surface area (Å²) in [5, 5.41) is 11.4. The zero-order valence-electron chi connectivity index (χ0n) is 14.1. The first-order valence-electron chi connectivity index (χ1n) is 8.60. The molecule has 7 heteroatoms. The fraction of sp³-hybridized carbons (Fsp3) is 0.588. The Morgan fingerprint density at radius 1 is 1.00 bits per heavy atom. The predicted octanol–water partition coefficient (Wildman–Crippen LogP) is 2.25. The highest BCUT2D eigenvalue weighted by Crippen LogP contribution is 2.34. The number of carbonyl (C=O) groups excluding carboxylic acids is 1. The third kappa shape index (κ3) is 3.44. The first-order chi connectivity index (χ1) is 11.6. The minimum absolute atomic E-state index is 0.104. The van der Waals surface area contributed by atoms with Gasteiger partial charge in [-0.05, 0) is 31.4 Å². The molecule has 2 aliphatic rings. The zero-order valence-corrected chi connectivity index (χ0v) is 14.1. The van der Waals surface area contributed by atoms with Crippen molar-refractivity contribution < 1.29 is 9.72 Å². The Morgan fingerprint density at radius 2 is 1.67 bits per heavy atom. The van der Waals surface area contributed by atoms with Crippen LogP contribution in [0.2, 0.25) is 0 Å². The monoisotopic (exact) mass is 332 g/mol. The van der Waals surface area contributed by atoms with Gasteiger partial charge in [0.25, 0.3) is 5.69 Å². The second-order valence-electron chi connectivity index (χ2n) is 6.47. The average Bonchev–Trinajstić information content (AvgIpc) is 2.62. The maximum absolute atomic E-state index is 11.4. The SMILES string of the molecule is CC(=O)N1CCN(c2ccc([N+](=O)[O-])c(N3CCCCC3)c2)CC1. The van der Waals surface area contributed by atoms with Crippen molar-refractivity contribution in [2.75, 3.05) is 49.1 Å². The van der Waals surface area contributed by atoms with Crippen molar-refractivity contribution in [2.45, 2.75) is 26.2 Å². The number of carbonyl (C=O) groups is 1. The molecule has 0 unspecified atom stereocenters. The minimum atomic E-state index is -0.290. The number of piperidine rings is 1. The van der Waals surface area contributed by atoms with Crippen molar-refractivity contribution in [3.05, 3.63) is 28.3 Å². The van der Waals surface area contributed by atoms with Crippen molar-refractivity contribution in [3.63, 3.8) is 0 Å². The molecule has 24 heavy (non-hydrogen) atoms. The van der Waals surface area contributed by atoms with Crippen molar-refractivity contribution in [1.29, 1.82) is 0 Å². The van der Waals surface area contributed by atoms with E-state index in [-0.39, 0.29) is 16.5 Å². The lowest BCUT2D eigenvalue weighted by molar-refractivity contribution is -0.384. The molecule has 2 saturated heterocycles. The number of rotatable bonds is 3. The Hall–Kier alpha value is -2.31. The van der Waals surface area contributed by atoms with Gasteiger partial charge in [0.1, 0.15) is 5.69 Å². The normalized spacial score (nSPS) is 18.6. The zero-order chi connectivity index (χ0) is 17.1. The summed E-state index contributed by atoms with van der Waals surface area (Å²) in [6.45, 7) is 6.27. The Labute approximate surface area is 142 Å². The summed E-state index contributed by atoms with van der Waals surface area (Å²) >= 11 is 0. The maximum atomic E-state index is 11.4. The fourth-order valence-corrected chi connectivity index (χ4v) is 3.53. The molecule has 1 aromatic rings. The van der Waals surface area contributed by atoms with Crippen molar-refractivity contribution in [3.8, 4) is 0 Å². The van der Waals surface area contributed by atoms with Crippen molar-refractivity contribution in [1.82, 2.24) is 4.90 Å². The summed E-state index contributed by atoms with van der Waals surface area (Å²) in [5.41, 5.74) is 1.92. The van der Waals surface area contributed by atoms with Crippen LogP contribution in [0.3, 0.4) is 0 Å². The van der Waals surface area contributed by atoms with E-state index >= 15 is 0 Å². The van der Waals surface area contributed by atoms with Gasteiger partial charge in [0.15, 0.2) is 0 Å². The van der Waals surface area contributed by atoms with Gasteiger partial charge in [0, 0.05) is 57.9 Å². The average molecular weight is 332 g/mol. The van der Waals surface area contributed by atoms with Crippen LogP contribution in [0.15, 0.2) is 18.2 Å². The highest BCUT2D eigenvalue weighted by molar-refractivity contribution is 5.74. The Balaban J connectivity index is 1.82. The molecule has 0 radical (unpaired) electrons. The van der Waals surface area contributed by atoms with Crippen LogP contribution in [0, 0.1) is 10.1 Å². The van der Waals surface area contributed by atoms with Gasteiger partial charge in [-0.1, -0.05) is 0 Å². The van der Waals surface area contributed by atoms with E-state index in [1.807, 2.05) is 17.0 Å². The van der Waals surface area contributed by atoms with Crippen LogP contribution in [-0.2, 0) is 4.79 Å². The highest BCUT2D eigenvalue weighted by Gasteiger charge is 2.24. The molecule has 0 N–H and O–H groups in total. The van der Waals surface area contributed by atoms with E-state index in [9.17, 15) is 14.9 Å². The smallest absolute Gasteiger partial charge is 0.292 e. The van der Waals surface area contributed by atoms with Gasteiger partial charge in [-0.25, -0.2) is 0 Å². The topological polar surface area (TPSA) is 69.9 Å². The fourth-order valence-electron chi connectivity index (χ4n) is 3.53. The molecular weight excluding hydrogens is 308 g/mol. The summed E-state index contributed by atoms with van der Waals surface area (Å²) in [5.74, 6) is 0.104. The molecule has 1 amide bonds. The Kier molecular flexibility index (Phi) is 4.87. The van der Waals surface area contributed by atoms with Crippen molar-refractivity contribution in [2.24, 2.45) is 0 Å². The van der Waals surface area contributed by atoms with Crippen LogP contribution in [0.5, 0.6) is 0 Å². The predicted molar refractivity (Wildman–Crippen MR) is 93.6 cm³/mol. The Morgan fingerprint density at radius 3 is 2.25 bits per heavy atom. The molecule has 3 rings (SSSR count). The number of anilines is 2. The third-order valence-corrected chi connectivity index (χ3v) is 4.94. The number of benzene rings is 1. The van der Waals surface area contributed by atoms with E-state index in [4.69, 9.17) is 0 Å². The summed E-state index contributed by atoms with van der Waals surface area (Å²) in [7, 11) is 0. The molecule has 0 bridgehead atoms. The molecule has 2 heterocycles. The lowest BCUT2D eigenvalue weighted by Crippen LogP contribution is -2.48. The molecule has 130 valence electrons. The van der Waals surface area contributed by atoms with Gasteiger partial charge in [-0.3, -0.25) is 14.9 Å². The highest BCUT2D eigenvalue weighted by atomic mass is 16.6.